The normalized spacial score (nSPS) is 12.9. The van der Waals surface area contributed by atoms with E-state index in [0.29, 0.717) is 0 Å². The summed E-state index contributed by atoms with van der Waals surface area (Å²) in [4.78, 5) is 5.50. The van der Waals surface area contributed by atoms with Crippen LogP contribution in [0.4, 0.5) is 0 Å². The predicted molar refractivity (Wildman–Crippen MR) is 69.0 cm³/mol. The van der Waals surface area contributed by atoms with E-state index in [1.807, 2.05) is 29.3 Å². The van der Waals surface area contributed by atoms with E-state index in [-0.39, 0.29) is 6.04 Å². The maximum atomic E-state index is 5.60. The summed E-state index contributed by atoms with van der Waals surface area (Å²) in [7, 11) is 1.99. The molecule has 16 heavy (non-hydrogen) atoms. The van der Waals surface area contributed by atoms with Gasteiger partial charge in [0, 0.05) is 35.2 Å². The summed E-state index contributed by atoms with van der Waals surface area (Å²) in [6.07, 6.45) is 4.51. The number of nitrogens with two attached hydrogens (primary N) is 1. The van der Waals surface area contributed by atoms with Gasteiger partial charge in [-0.1, -0.05) is 0 Å². The maximum Gasteiger partial charge on any atom is 0.110 e. The zero-order valence-electron chi connectivity index (χ0n) is 8.85. The highest BCUT2D eigenvalue weighted by Crippen LogP contribution is 2.30. The average Bonchev–Trinajstić information content (AvgIpc) is 2.85. The SMILES string of the molecule is Cn1ccnc1CC(NN)c1sccc1Br. The summed E-state index contributed by atoms with van der Waals surface area (Å²) in [6, 6.07) is 2.12. The van der Waals surface area contributed by atoms with E-state index in [1.54, 1.807) is 17.5 Å². The van der Waals surface area contributed by atoms with E-state index in [4.69, 9.17) is 5.84 Å². The van der Waals surface area contributed by atoms with Crippen LogP contribution >= 0.6 is 27.3 Å². The van der Waals surface area contributed by atoms with Crippen molar-refractivity contribution in [2.45, 2.75) is 12.5 Å². The Morgan fingerprint density at radius 1 is 1.69 bits per heavy atom. The largest absolute Gasteiger partial charge is 0.338 e. The zero-order chi connectivity index (χ0) is 11.5. The molecule has 2 aromatic heterocycles. The van der Waals surface area contributed by atoms with Crippen molar-refractivity contribution in [3.05, 3.63) is 39.0 Å². The second kappa shape index (κ2) is 5.09. The smallest absolute Gasteiger partial charge is 0.110 e. The highest BCUT2D eigenvalue weighted by molar-refractivity contribution is 9.10. The van der Waals surface area contributed by atoms with Crippen molar-refractivity contribution in [2.24, 2.45) is 12.9 Å². The maximum absolute atomic E-state index is 5.60. The van der Waals surface area contributed by atoms with Crippen molar-refractivity contribution >= 4 is 27.3 Å². The first-order chi connectivity index (χ1) is 7.72. The number of aromatic nitrogens is 2. The van der Waals surface area contributed by atoms with E-state index in [9.17, 15) is 0 Å². The fourth-order valence-corrected chi connectivity index (χ4v) is 3.27. The number of hydrogen-bond acceptors (Lipinski definition) is 4. The number of hydrogen-bond donors (Lipinski definition) is 2. The molecule has 0 amide bonds. The number of hydrazine groups is 1. The Kier molecular flexibility index (Phi) is 3.75. The second-order valence-electron chi connectivity index (χ2n) is 3.51. The lowest BCUT2D eigenvalue weighted by atomic mass is 10.2. The lowest BCUT2D eigenvalue weighted by molar-refractivity contribution is 0.536. The van der Waals surface area contributed by atoms with Gasteiger partial charge in [0.15, 0.2) is 0 Å². The molecule has 0 bridgehead atoms. The number of rotatable bonds is 4. The first-order valence-electron chi connectivity index (χ1n) is 4.87. The average molecular weight is 301 g/mol. The Labute approximate surface area is 107 Å². The van der Waals surface area contributed by atoms with Gasteiger partial charge in [-0.15, -0.1) is 11.3 Å². The molecule has 0 aliphatic carbocycles. The third-order valence-corrected chi connectivity index (χ3v) is 4.45. The summed E-state index contributed by atoms with van der Waals surface area (Å²) in [5.74, 6) is 6.62. The molecular formula is C10H13BrN4S. The lowest BCUT2D eigenvalue weighted by Crippen LogP contribution is -2.29. The van der Waals surface area contributed by atoms with E-state index < -0.39 is 0 Å². The molecule has 0 saturated heterocycles. The molecule has 6 heteroatoms. The molecule has 1 atom stereocenters. The van der Waals surface area contributed by atoms with Crippen molar-refractivity contribution in [2.75, 3.05) is 0 Å². The Bertz CT molecular complexity index is 465. The molecule has 0 aromatic carbocycles. The van der Waals surface area contributed by atoms with Gasteiger partial charge in [0.25, 0.3) is 0 Å². The molecule has 2 rings (SSSR count). The van der Waals surface area contributed by atoms with Crippen LogP contribution in [0.5, 0.6) is 0 Å². The van der Waals surface area contributed by atoms with Gasteiger partial charge in [-0.3, -0.25) is 11.3 Å². The summed E-state index contributed by atoms with van der Waals surface area (Å²) >= 11 is 5.20. The lowest BCUT2D eigenvalue weighted by Gasteiger charge is -2.14. The van der Waals surface area contributed by atoms with E-state index in [0.717, 1.165) is 16.7 Å². The van der Waals surface area contributed by atoms with Crippen LogP contribution in [0.25, 0.3) is 0 Å². The Morgan fingerprint density at radius 3 is 3.00 bits per heavy atom. The van der Waals surface area contributed by atoms with Crippen molar-refractivity contribution in [1.82, 2.24) is 15.0 Å². The van der Waals surface area contributed by atoms with Gasteiger partial charge in [0.1, 0.15) is 5.82 Å². The van der Waals surface area contributed by atoms with Gasteiger partial charge < -0.3 is 4.57 Å². The quantitative estimate of drug-likeness (QED) is 0.671. The Hall–Kier alpha value is -0.690. The van der Waals surface area contributed by atoms with Crippen molar-refractivity contribution in [3.63, 3.8) is 0 Å². The van der Waals surface area contributed by atoms with Crippen LogP contribution in [-0.4, -0.2) is 9.55 Å². The summed E-state index contributed by atoms with van der Waals surface area (Å²) in [6.45, 7) is 0. The monoisotopic (exact) mass is 300 g/mol. The van der Waals surface area contributed by atoms with E-state index in [1.165, 1.54) is 4.88 Å². The third kappa shape index (κ3) is 2.35. The Balaban J connectivity index is 2.19. The molecule has 0 fully saturated rings. The summed E-state index contributed by atoms with van der Waals surface area (Å²) in [5.41, 5.74) is 2.84. The fraction of sp³-hybridized carbons (Fsp3) is 0.300. The second-order valence-corrected chi connectivity index (χ2v) is 5.31. The third-order valence-electron chi connectivity index (χ3n) is 2.47. The molecule has 0 saturated carbocycles. The van der Waals surface area contributed by atoms with Gasteiger partial charge in [-0.05, 0) is 27.4 Å². The van der Waals surface area contributed by atoms with Crippen LogP contribution in [0, 0.1) is 0 Å². The van der Waals surface area contributed by atoms with Crippen molar-refractivity contribution in [3.8, 4) is 0 Å². The molecule has 0 spiro atoms. The van der Waals surface area contributed by atoms with Crippen LogP contribution < -0.4 is 11.3 Å². The molecule has 0 radical (unpaired) electrons. The van der Waals surface area contributed by atoms with Crippen LogP contribution in [0.15, 0.2) is 28.3 Å². The molecule has 2 aromatic rings. The van der Waals surface area contributed by atoms with Crippen LogP contribution in [0.1, 0.15) is 16.7 Å². The standard InChI is InChI=1S/C10H13BrN4S/c1-15-4-3-13-9(15)6-8(14-12)10-7(11)2-5-16-10/h2-5,8,14H,6,12H2,1H3. The zero-order valence-corrected chi connectivity index (χ0v) is 11.3. The van der Waals surface area contributed by atoms with E-state index >= 15 is 0 Å². The Morgan fingerprint density at radius 2 is 2.50 bits per heavy atom. The summed E-state index contributed by atoms with van der Waals surface area (Å²) < 4.78 is 3.10. The number of halogens is 1. The minimum atomic E-state index is 0.0930. The topological polar surface area (TPSA) is 55.9 Å². The fourth-order valence-electron chi connectivity index (χ4n) is 1.56. The number of aryl methyl sites for hydroxylation is 1. The number of nitrogens with zero attached hydrogens (tertiary/aromatic N) is 2. The minimum Gasteiger partial charge on any atom is -0.338 e. The highest BCUT2D eigenvalue weighted by Gasteiger charge is 2.16. The molecule has 86 valence electrons. The van der Waals surface area contributed by atoms with Gasteiger partial charge in [0.2, 0.25) is 0 Å². The van der Waals surface area contributed by atoms with Gasteiger partial charge in [-0.25, -0.2) is 4.98 Å². The van der Waals surface area contributed by atoms with Crippen LogP contribution in [-0.2, 0) is 13.5 Å². The minimum absolute atomic E-state index is 0.0930. The molecule has 4 nitrogen and oxygen atoms in total. The van der Waals surface area contributed by atoms with E-state index in [2.05, 4.69) is 26.3 Å². The molecule has 2 heterocycles. The molecule has 1 unspecified atom stereocenters. The number of thiophene rings is 1. The van der Waals surface area contributed by atoms with Crippen LogP contribution in [0.3, 0.4) is 0 Å². The molecule has 0 aliphatic rings. The molecule has 3 N–H and O–H groups in total. The first kappa shape index (κ1) is 11.8. The van der Waals surface area contributed by atoms with Crippen molar-refractivity contribution < 1.29 is 0 Å². The molecular weight excluding hydrogens is 288 g/mol. The summed E-state index contributed by atoms with van der Waals surface area (Å²) in [5, 5.41) is 2.04. The van der Waals surface area contributed by atoms with Gasteiger partial charge >= 0.3 is 0 Å². The van der Waals surface area contributed by atoms with Gasteiger partial charge in [0.05, 0.1) is 6.04 Å². The number of nitrogens with one attached hydrogen (secondary N) is 1. The molecule has 0 aliphatic heterocycles. The predicted octanol–water partition coefficient (Wildman–Crippen LogP) is 1.99. The van der Waals surface area contributed by atoms with Crippen LogP contribution in [0.2, 0.25) is 0 Å². The van der Waals surface area contributed by atoms with Gasteiger partial charge in [-0.2, -0.15) is 0 Å². The highest BCUT2D eigenvalue weighted by atomic mass is 79.9. The number of imidazole rings is 1. The van der Waals surface area contributed by atoms with Crippen molar-refractivity contribution in [1.29, 1.82) is 0 Å². The first-order valence-corrected chi connectivity index (χ1v) is 6.55.